The molecule has 4 aromatic rings. The second-order valence-electron chi connectivity index (χ2n) is 12.8. The van der Waals surface area contributed by atoms with E-state index >= 15 is 0 Å². The second kappa shape index (κ2) is 15.1. The number of benzene rings is 4. The van der Waals surface area contributed by atoms with E-state index in [0.29, 0.717) is 42.6 Å². The van der Waals surface area contributed by atoms with Gasteiger partial charge in [-0.15, -0.1) is 0 Å². The number of hydrogen-bond donors (Lipinski definition) is 1. The summed E-state index contributed by atoms with van der Waals surface area (Å²) in [5, 5.41) is 3.18. The van der Waals surface area contributed by atoms with Gasteiger partial charge in [0.1, 0.15) is 0 Å². The van der Waals surface area contributed by atoms with Crippen molar-refractivity contribution in [3.05, 3.63) is 125 Å². The summed E-state index contributed by atoms with van der Waals surface area (Å²) < 4.78 is 45.1. The van der Waals surface area contributed by atoms with Gasteiger partial charge in [0.2, 0.25) is 0 Å². The molecule has 1 amide bonds. The van der Waals surface area contributed by atoms with E-state index < -0.39 is 17.2 Å². The maximum Gasteiger partial charge on any atom is 0.416 e. The van der Waals surface area contributed by atoms with Crippen LogP contribution in [0.15, 0.2) is 103 Å². The van der Waals surface area contributed by atoms with Crippen molar-refractivity contribution in [1.82, 2.24) is 5.32 Å². The molecule has 5 rings (SSSR count). The van der Waals surface area contributed by atoms with Crippen molar-refractivity contribution in [3.8, 4) is 11.1 Å². The molecule has 0 radical (unpaired) electrons. The molecule has 0 aromatic heterocycles. The summed E-state index contributed by atoms with van der Waals surface area (Å²) in [7, 11) is 0. The van der Waals surface area contributed by atoms with Crippen LogP contribution in [0.1, 0.15) is 79.9 Å². The average molecular weight is 657 g/mol. The van der Waals surface area contributed by atoms with E-state index in [1.165, 1.54) is 12.1 Å². The smallest absolute Gasteiger partial charge is 0.416 e. The van der Waals surface area contributed by atoms with Crippen molar-refractivity contribution in [2.45, 2.75) is 76.6 Å². The Balaban J connectivity index is 1.35. The first kappa shape index (κ1) is 34.7. The standard InChI is InChI=1S/C40H43F3N2O3/c1-4-24-39(27-37(46)48-28(2)3,30-12-6-5-7-13-30)35-16-10-11-17-36(35)45-25-22-32(23-26-45)44-38(47)34-15-9-8-14-33(34)29-18-20-31(21-19-29)40(41,42)43/h5-21,28,32H,4,22-27H2,1-3H3,(H,44,47). The van der Waals surface area contributed by atoms with Crippen molar-refractivity contribution >= 4 is 17.6 Å². The Labute approximate surface area is 281 Å². The van der Waals surface area contributed by atoms with Gasteiger partial charge in [0.05, 0.1) is 18.1 Å². The first-order valence-electron chi connectivity index (χ1n) is 16.7. The van der Waals surface area contributed by atoms with Gasteiger partial charge in [0.15, 0.2) is 0 Å². The lowest BCUT2D eigenvalue weighted by molar-refractivity contribution is -0.148. The normalized spacial score (nSPS) is 15.2. The maximum atomic E-state index is 13.5. The minimum Gasteiger partial charge on any atom is -0.463 e. The molecular weight excluding hydrogens is 613 g/mol. The predicted octanol–water partition coefficient (Wildman–Crippen LogP) is 9.20. The number of halogens is 3. The number of esters is 1. The van der Waals surface area contributed by atoms with E-state index in [9.17, 15) is 22.8 Å². The molecule has 1 unspecified atom stereocenters. The minimum atomic E-state index is -4.43. The van der Waals surface area contributed by atoms with E-state index in [4.69, 9.17) is 4.74 Å². The summed E-state index contributed by atoms with van der Waals surface area (Å²) >= 11 is 0. The molecule has 1 saturated heterocycles. The lowest BCUT2D eigenvalue weighted by atomic mass is 9.68. The zero-order chi connectivity index (χ0) is 34.3. The fraction of sp³-hybridized carbons (Fsp3) is 0.350. The molecule has 252 valence electrons. The monoisotopic (exact) mass is 656 g/mol. The van der Waals surface area contributed by atoms with Crippen molar-refractivity contribution in [2.24, 2.45) is 0 Å². The molecule has 0 saturated carbocycles. The van der Waals surface area contributed by atoms with Crippen LogP contribution >= 0.6 is 0 Å². The minimum absolute atomic E-state index is 0.0721. The Morgan fingerprint density at radius 3 is 2.10 bits per heavy atom. The molecule has 48 heavy (non-hydrogen) atoms. The Morgan fingerprint density at radius 1 is 0.833 bits per heavy atom. The summed E-state index contributed by atoms with van der Waals surface area (Å²) in [4.78, 5) is 29.2. The maximum absolute atomic E-state index is 13.5. The van der Waals surface area contributed by atoms with Crippen LogP contribution in [0.5, 0.6) is 0 Å². The molecule has 0 bridgehead atoms. The molecule has 1 N–H and O–H groups in total. The van der Waals surface area contributed by atoms with Crippen molar-refractivity contribution in [1.29, 1.82) is 0 Å². The number of ether oxygens (including phenoxy) is 1. The van der Waals surface area contributed by atoms with Gasteiger partial charge in [0.25, 0.3) is 5.91 Å². The first-order chi connectivity index (χ1) is 23.0. The number of para-hydroxylation sites is 1. The molecule has 1 heterocycles. The van der Waals surface area contributed by atoms with Gasteiger partial charge in [-0.1, -0.05) is 92.2 Å². The molecule has 5 nitrogen and oxygen atoms in total. The van der Waals surface area contributed by atoms with Gasteiger partial charge < -0.3 is 15.0 Å². The fourth-order valence-corrected chi connectivity index (χ4v) is 6.91. The van der Waals surface area contributed by atoms with Gasteiger partial charge in [0, 0.05) is 35.8 Å². The van der Waals surface area contributed by atoms with E-state index in [-0.39, 0.29) is 30.4 Å². The zero-order valence-electron chi connectivity index (χ0n) is 27.7. The molecule has 1 atom stereocenters. The Hall–Kier alpha value is -4.59. The molecule has 0 spiro atoms. The van der Waals surface area contributed by atoms with E-state index in [1.54, 1.807) is 24.3 Å². The largest absolute Gasteiger partial charge is 0.463 e. The number of nitrogens with one attached hydrogen (secondary N) is 1. The van der Waals surface area contributed by atoms with Crippen LogP contribution in [0, 0.1) is 0 Å². The third-order valence-electron chi connectivity index (χ3n) is 9.10. The van der Waals surface area contributed by atoms with E-state index in [1.807, 2.05) is 44.2 Å². The number of amides is 1. The number of carbonyl (C=O) groups is 2. The predicted molar refractivity (Wildman–Crippen MR) is 184 cm³/mol. The van der Waals surface area contributed by atoms with Crippen LogP contribution in [0.4, 0.5) is 18.9 Å². The van der Waals surface area contributed by atoms with E-state index in [2.05, 4.69) is 41.4 Å². The molecule has 8 heteroatoms. The second-order valence-corrected chi connectivity index (χ2v) is 12.8. The zero-order valence-corrected chi connectivity index (χ0v) is 27.7. The van der Waals surface area contributed by atoms with Gasteiger partial charge in [-0.05, 0) is 79.6 Å². The molecule has 4 aromatic carbocycles. The molecular formula is C40H43F3N2O3. The summed E-state index contributed by atoms with van der Waals surface area (Å²) in [6.45, 7) is 7.28. The molecule has 1 aliphatic rings. The summed E-state index contributed by atoms with van der Waals surface area (Å²) in [6.07, 6.45) is -1.34. The van der Waals surface area contributed by atoms with Crippen LogP contribution in [-0.2, 0) is 21.1 Å². The van der Waals surface area contributed by atoms with Gasteiger partial charge in [-0.25, -0.2) is 0 Å². The third kappa shape index (κ3) is 7.92. The van der Waals surface area contributed by atoms with Crippen molar-refractivity contribution in [2.75, 3.05) is 18.0 Å². The number of carbonyl (C=O) groups excluding carboxylic acids is 2. The number of nitrogens with zero attached hydrogens (tertiary/aromatic N) is 1. The Bertz CT molecular complexity index is 1680. The third-order valence-corrected chi connectivity index (χ3v) is 9.10. The molecule has 0 aliphatic carbocycles. The fourth-order valence-electron chi connectivity index (χ4n) is 6.91. The van der Waals surface area contributed by atoms with Gasteiger partial charge in [-0.3, -0.25) is 9.59 Å². The van der Waals surface area contributed by atoms with Gasteiger partial charge in [-0.2, -0.15) is 13.2 Å². The number of alkyl halides is 3. The van der Waals surface area contributed by atoms with Crippen LogP contribution in [-0.4, -0.2) is 37.1 Å². The summed E-state index contributed by atoms with van der Waals surface area (Å²) in [5.74, 6) is -0.478. The summed E-state index contributed by atoms with van der Waals surface area (Å²) in [6, 6.07) is 30.3. The number of hydrogen-bond acceptors (Lipinski definition) is 4. The lowest BCUT2D eigenvalue weighted by Crippen LogP contribution is -2.45. The highest BCUT2D eigenvalue weighted by Crippen LogP contribution is 2.45. The lowest BCUT2D eigenvalue weighted by Gasteiger charge is -2.41. The van der Waals surface area contributed by atoms with Crippen molar-refractivity contribution in [3.63, 3.8) is 0 Å². The average Bonchev–Trinajstić information content (AvgIpc) is 3.08. The summed E-state index contributed by atoms with van der Waals surface area (Å²) in [5.41, 5.74) is 3.49. The number of piperidine rings is 1. The van der Waals surface area contributed by atoms with E-state index in [0.717, 1.165) is 41.8 Å². The highest BCUT2D eigenvalue weighted by molar-refractivity contribution is 6.01. The topological polar surface area (TPSA) is 58.6 Å². The van der Waals surface area contributed by atoms with Gasteiger partial charge >= 0.3 is 12.1 Å². The Kier molecular flexibility index (Phi) is 10.9. The number of anilines is 1. The van der Waals surface area contributed by atoms with Crippen LogP contribution in [0.25, 0.3) is 11.1 Å². The number of rotatable bonds is 11. The van der Waals surface area contributed by atoms with Crippen LogP contribution in [0.3, 0.4) is 0 Å². The molecule has 1 aliphatic heterocycles. The highest BCUT2D eigenvalue weighted by Gasteiger charge is 2.39. The molecule has 1 fully saturated rings. The highest BCUT2D eigenvalue weighted by atomic mass is 19.4. The first-order valence-corrected chi connectivity index (χ1v) is 16.7. The van der Waals surface area contributed by atoms with Crippen molar-refractivity contribution < 1.29 is 27.5 Å². The Morgan fingerprint density at radius 2 is 1.46 bits per heavy atom. The van der Waals surface area contributed by atoms with Crippen LogP contribution in [0.2, 0.25) is 0 Å². The van der Waals surface area contributed by atoms with Crippen LogP contribution < -0.4 is 10.2 Å². The SMILES string of the molecule is CCCC(CC(=O)OC(C)C)(c1ccccc1)c1ccccc1N1CCC(NC(=O)c2ccccc2-c2ccc(C(F)(F)F)cc2)CC1. The quantitative estimate of drug-likeness (QED) is 0.164.